The topological polar surface area (TPSA) is 315 Å². The first-order valence-corrected chi connectivity index (χ1v) is 19.3. The smallest absolute Gasteiger partial charge is 1.00 e. The van der Waals surface area contributed by atoms with Crippen LogP contribution >= 0.6 is 71.0 Å². The molecule has 2 aliphatic rings. The van der Waals surface area contributed by atoms with Gasteiger partial charge in [-0.05, 0) is 77.6 Å². The normalized spacial score (nSPS) is 11.7. The molecule has 0 atom stereocenters. The third-order valence-corrected chi connectivity index (χ3v) is 8.59. The predicted molar refractivity (Wildman–Crippen MR) is 226 cm³/mol. The van der Waals surface area contributed by atoms with Crippen LogP contribution in [0.3, 0.4) is 0 Å². The van der Waals surface area contributed by atoms with E-state index in [9.17, 15) is 39.9 Å². The van der Waals surface area contributed by atoms with E-state index in [1.54, 1.807) is 18.2 Å². The number of nitrogen functional groups attached to an aromatic ring is 1. The van der Waals surface area contributed by atoms with Crippen molar-refractivity contribution in [2.45, 2.75) is 6.92 Å². The van der Waals surface area contributed by atoms with Crippen LogP contribution in [0.25, 0.3) is 0 Å². The quantitative estimate of drug-likeness (QED) is 0.0405. The van der Waals surface area contributed by atoms with Gasteiger partial charge in [-0.1, -0.05) is 0 Å². The summed E-state index contributed by atoms with van der Waals surface area (Å²) >= 11 is 20.3. The number of nitriles is 1. The van der Waals surface area contributed by atoms with E-state index in [0.29, 0.717) is 67.9 Å². The van der Waals surface area contributed by atoms with Crippen LogP contribution in [0.4, 0.5) is 34.1 Å². The van der Waals surface area contributed by atoms with Crippen LogP contribution in [0.2, 0.25) is 0 Å². The average Bonchev–Trinajstić information content (AvgIpc) is 3.21. The number of morpholine rings is 1. The SMILES string of the molecule is CC#N.ClC1=COCCO1.Nc1cc([N+](=O)[O-])ccc1Br.O=C(COCCCl)Nc1cc([N+](=O)[O-])ccc1Br.O=C1COCCN1c1cc([N+](=O)[O-])ccc1Br.O=CO[O-].[H-].[K+].[K+]. The van der Waals surface area contributed by atoms with Gasteiger partial charge in [-0.25, -0.2) is 0 Å². The number of rotatable bonds is 10. The van der Waals surface area contributed by atoms with E-state index in [-0.39, 0.29) is 153 Å². The largest absolute Gasteiger partial charge is 1.00 e. The molecule has 0 unspecified atom stereocenters. The van der Waals surface area contributed by atoms with E-state index < -0.39 is 20.7 Å². The summed E-state index contributed by atoms with van der Waals surface area (Å²) in [6, 6.07) is 14.4. The number of ether oxygens (including phenoxy) is 4. The molecule has 22 nitrogen and oxygen atoms in total. The Labute approximate surface area is 475 Å². The molecule has 0 aromatic heterocycles. The van der Waals surface area contributed by atoms with Gasteiger partial charge in [-0.15, -0.1) is 11.6 Å². The van der Waals surface area contributed by atoms with Gasteiger partial charge in [0, 0.05) is 69.2 Å². The standard InChI is InChI=1S/C10H10BrClN2O4.C10H9BrN2O4.C6H5BrN2O2.C4H5ClO2.C2H3N.CH2O3.2K.H/c11-8-2-1-7(14(16)17)5-9(8)13-10(15)6-18-4-3-12;11-8-2-1-7(13(15)16)5-9(8)12-3-4-17-6-10(12)14;7-5-2-1-4(9(10)11)3-6(5)8;5-4-3-6-1-2-7-4;1-2-3;2-1-4-3;;;/h1-2,5H,3-4,6H2,(H,13,15);1-2,5H,3-4,6H2;1-3H,8H2;3H,1-2H2;1H3;1,3H;;;/q;;;;;;2*+1;-1/p-1. The number of hydrogen-bond acceptors (Lipinski definition) is 17. The molecule has 2 aliphatic heterocycles. The molecule has 3 N–H and O–H groups in total. The van der Waals surface area contributed by atoms with Gasteiger partial charge in [0.15, 0.2) is 0 Å². The summed E-state index contributed by atoms with van der Waals surface area (Å²) < 4.78 is 21.4. The molecule has 3 aromatic carbocycles. The molecular weight excluding hydrogens is 1120 g/mol. The van der Waals surface area contributed by atoms with Gasteiger partial charge in [0.25, 0.3) is 29.4 Å². The molecule has 0 saturated carbocycles. The molecule has 1 saturated heterocycles. The molecular formula is C33H34Br3Cl2K2N7O15. The van der Waals surface area contributed by atoms with E-state index in [2.05, 4.69) is 58.0 Å². The van der Waals surface area contributed by atoms with Crippen LogP contribution in [0.1, 0.15) is 8.35 Å². The van der Waals surface area contributed by atoms with Crippen molar-refractivity contribution < 1.29 is 162 Å². The fourth-order valence-corrected chi connectivity index (χ4v) is 5.02. The van der Waals surface area contributed by atoms with Gasteiger partial charge in [0.05, 0.1) is 51.1 Å². The van der Waals surface area contributed by atoms with Crippen molar-refractivity contribution in [2.24, 2.45) is 0 Å². The molecule has 1 fully saturated rings. The van der Waals surface area contributed by atoms with Crippen molar-refractivity contribution in [1.82, 2.24) is 0 Å². The number of nitro groups is 3. The second kappa shape index (κ2) is 38.4. The molecule has 0 radical (unpaired) electrons. The minimum absolute atomic E-state index is 0. The summed E-state index contributed by atoms with van der Waals surface area (Å²) in [5.74, 6) is -0.299. The first-order chi connectivity index (χ1) is 28.5. The number of alkyl halides is 1. The zero-order chi connectivity index (χ0) is 45.6. The number of non-ortho nitro benzene ring substituents is 3. The molecule has 2 amide bonds. The molecule has 328 valence electrons. The fraction of sp³-hybridized carbons (Fsp3) is 0.273. The van der Waals surface area contributed by atoms with Gasteiger partial charge in [-0.2, -0.15) is 5.26 Å². The van der Waals surface area contributed by atoms with Gasteiger partial charge in [-0.3, -0.25) is 44.7 Å². The zero-order valence-corrected chi connectivity index (χ0v) is 45.4. The molecule has 29 heteroatoms. The van der Waals surface area contributed by atoms with Crippen molar-refractivity contribution in [3.05, 3.63) is 110 Å². The number of nitrogens with two attached hydrogens (primary N) is 1. The van der Waals surface area contributed by atoms with Crippen LogP contribution in [-0.4, -0.2) is 85.1 Å². The Balaban J connectivity index is -0.000000358. The third kappa shape index (κ3) is 28.1. The van der Waals surface area contributed by atoms with E-state index >= 15 is 0 Å². The molecule has 5 rings (SSSR count). The van der Waals surface area contributed by atoms with Crippen molar-refractivity contribution in [3.8, 4) is 6.07 Å². The Hall–Kier alpha value is -1.93. The van der Waals surface area contributed by atoms with Crippen molar-refractivity contribution >= 4 is 123 Å². The van der Waals surface area contributed by atoms with Gasteiger partial charge < -0.3 is 46.5 Å². The molecule has 2 heterocycles. The number of nitrogens with one attached hydrogen (secondary N) is 1. The number of carbonyl (C=O) groups is 3. The molecule has 3 aromatic rings. The van der Waals surface area contributed by atoms with E-state index in [0.717, 1.165) is 0 Å². The minimum atomic E-state index is -0.536. The first-order valence-electron chi connectivity index (χ1n) is 16.0. The second-order valence-corrected chi connectivity index (χ2v) is 13.5. The number of anilines is 3. The number of hydrogen-bond donors (Lipinski definition) is 2. The van der Waals surface area contributed by atoms with Gasteiger partial charge in [0.2, 0.25) is 11.1 Å². The number of benzene rings is 3. The van der Waals surface area contributed by atoms with Crippen LogP contribution in [0, 0.1) is 41.7 Å². The van der Waals surface area contributed by atoms with E-state index in [1.165, 1.54) is 60.6 Å². The molecule has 0 aliphatic carbocycles. The number of carbonyl (C=O) groups excluding carboxylic acids is 3. The minimum Gasteiger partial charge on any atom is -1.00 e. The average molecular weight is 1160 g/mol. The third-order valence-electron chi connectivity index (χ3n) is 6.15. The molecule has 0 bridgehead atoms. The van der Waals surface area contributed by atoms with Crippen molar-refractivity contribution in [2.75, 3.05) is 68.0 Å². The predicted octanol–water partition coefficient (Wildman–Crippen LogP) is 0.367. The Morgan fingerprint density at radius 3 is 1.92 bits per heavy atom. The summed E-state index contributed by atoms with van der Waals surface area (Å²) in [5, 5.41) is 50.1. The van der Waals surface area contributed by atoms with E-state index in [4.69, 9.17) is 63.2 Å². The summed E-state index contributed by atoms with van der Waals surface area (Å²) in [6.45, 7) is 3.38. The van der Waals surface area contributed by atoms with Crippen LogP contribution in [-0.2, 0) is 38.2 Å². The summed E-state index contributed by atoms with van der Waals surface area (Å²) in [7, 11) is 0. The maximum atomic E-state index is 11.6. The number of amides is 2. The summed E-state index contributed by atoms with van der Waals surface area (Å²) in [5.41, 5.74) is 6.48. The summed E-state index contributed by atoms with van der Waals surface area (Å²) in [6.07, 6.45) is 1.39. The molecule has 0 spiro atoms. The number of nitro benzene ring substituents is 3. The number of halogens is 5. The Kier molecular flexibility index (Phi) is 39.8. The van der Waals surface area contributed by atoms with Crippen LogP contribution in [0.5, 0.6) is 0 Å². The fourth-order valence-electron chi connectivity index (χ4n) is 3.71. The Morgan fingerprint density at radius 1 is 0.968 bits per heavy atom. The van der Waals surface area contributed by atoms with Crippen molar-refractivity contribution in [1.29, 1.82) is 5.26 Å². The Bertz CT molecular complexity index is 2000. The monoisotopic (exact) mass is 1150 g/mol. The summed E-state index contributed by atoms with van der Waals surface area (Å²) in [4.78, 5) is 65.8. The zero-order valence-electron chi connectivity index (χ0n) is 33.8. The van der Waals surface area contributed by atoms with Gasteiger partial charge in [0.1, 0.15) is 32.7 Å². The second-order valence-electron chi connectivity index (χ2n) is 10.2. The maximum absolute atomic E-state index is 11.6. The number of nitrogens with zero attached hydrogens (tertiary/aromatic N) is 5. The van der Waals surface area contributed by atoms with Crippen LogP contribution in [0.15, 0.2) is 79.5 Å². The van der Waals surface area contributed by atoms with Crippen LogP contribution < -0.4 is 124 Å². The first kappa shape index (κ1) is 64.4. The van der Waals surface area contributed by atoms with E-state index in [1.807, 2.05) is 0 Å². The Morgan fingerprint density at radius 2 is 1.48 bits per heavy atom. The van der Waals surface area contributed by atoms with Crippen molar-refractivity contribution in [3.63, 3.8) is 0 Å². The maximum Gasteiger partial charge on any atom is 1.00 e. The molecule has 62 heavy (non-hydrogen) atoms. The van der Waals surface area contributed by atoms with Gasteiger partial charge >= 0.3 is 103 Å².